The molecule has 0 atom stereocenters. The Morgan fingerprint density at radius 2 is 2.19 bits per heavy atom. The van der Waals surface area contributed by atoms with Gasteiger partial charge in [-0.1, -0.05) is 0 Å². The molecule has 0 radical (unpaired) electrons. The van der Waals surface area contributed by atoms with Gasteiger partial charge in [0.2, 0.25) is 0 Å². The summed E-state index contributed by atoms with van der Waals surface area (Å²) in [6.07, 6.45) is 5.84. The van der Waals surface area contributed by atoms with E-state index in [-0.39, 0.29) is 0 Å². The number of hydrogen-bond acceptors (Lipinski definition) is 7. The SMILES string of the molecule is COCCNCC1CCN(c2cncc3nnnn23)CC1. The van der Waals surface area contributed by atoms with Crippen LogP contribution >= 0.6 is 0 Å². The zero-order valence-corrected chi connectivity index (χ0v) is 12.3. The lowest BCUT2D eigenvalue weighted by atomic mass is 9.97. The minimum absolute atomic E-state index is 0.691. The number of nitrogens with one attached hydrogen (secondary N) is 1. The van der Waals surface area contributed by atoms with Crippen molar-refractivity contribution in [3.63, 3.8) is 0 Å². The molecule has 0 aromatic carbocycles. The molecule has 3 heterocycles. The Kier molecular flexibility index (Phi) is 4.56. The van der Waals surface area contributed by atoms with Crippen molar-refractivity contribution >= 4 is 11.5 Å². The molecule has 1 fully saturated rings. The number of piperidine rings is 1. The Bertz CT molecular complexity index is 564. The predicted octanol–water partition coefficient (Wildman–Crippen LogP) is -0.0283. The second-order valence-electron chi connectivity index (χ2n) is 5.34. The molecular weight excluding hydrogens is 270 g/mol. The van der Waals surface area contributed by atoms with Gasteiger partial charge < -0.3 is 15.0 Å². The molecule has 8 nitrogen and oxygen atoms in total. The molecule has 0 unspecified atom stereocenters. The molecule has 0 spiro atoms. The van der Waals surface area contributed by atoms with E-state index < -0.39 is 0 Å². The average molecular weight is 291 g/mol. The van der Waals surface area contributed by atoms with Gasteiger partial charge >= 0.3 is 0 Å². The highest BCUT2D eigenvalue weighted by Crippen LogP contribution is 2.22. The third kappa shape index (κ3) is 3.27. The van der Waals surface area contributed by atoms with Crippen LogP contribution in [0.25, 0.3) is 5.65 Å². The molecule has 0 aliphatic carbocycles. The maximum Gasteiger partial charge on any atom is 0.199 e. The highest BCUT2D eigenvalue weighted by Gasteiger charge is 2.21. The van der Waals surface area contributed by atoms with E-state index in [1.54, 1.807) is 17.8 Å². The fraction of sp³-hybridized carbons (Fsp3) is 0.692. The normalized spacial score (nSPS) is 16.7. The van der Waals surface area contributed by atoms with Crippen molar-refractivity contribution in [3.05, 3.63) is 12.4 Å². The van der Waals surface area contributed by atoms with Crippen LogP contribution < -0.4 is 10.2 Å². The summed E-state index contributed by atoms with van der Waals surface area (Å²) in [6.45, 7) is 4.77. The number of rotatable bonds is 6. The second-order valence-corrected chi connectivity index (χ2v) is 5.34. The first-order chi connectivity index (χ1) is 10.4. The first-order valence-corrected chi connectivity index (χ1v) is 7.35. The molecular formula is C13H21N7O. The third-order valence-corrected chi connectivity index (χ3v) is 3.95. The zero-order chi connectivity index (χ0) is 14.5. The van der Waals surface area contributed by atoms with Crippen molar-refractivity contribution in [2.45, 2.75) is 12.8 Å². The molecule has 0 bridgehead atoms. The van der Waals surface area contributed by atoms with Crippen molar-refractivity contribution in [2.75, 3.05) is 44.8 Å². The van der Waals surface area contributed by atoms with E-state index in [1.807, 2.05) is 6.20 Å². The lowest BCUT2D eigenvalue weighted by molar-refractivity contribution is 0.196. The number of methoxy groups -OCH3 is 1. The van der Waals surface area contributed by atoms with Crippen LogP contribution in [0.4, 0.5) is 5.82 Å². The third-order valence-electron chi connectivity index (χ3n) is 3.95. The molecule has 3 rings (SSSR count). The molecule has 0 saturated carbocycles. The van der Waals surface area contributed by atoms with Gasteiger partial charge in [0.1, 0.15) is 0 Å². The number of aromatic nitrogens is 5. The standard InChI is InChI=1S/C13H21N7O/c1-21-7-4-14-8-11-2-5-19(6-3-11)13-10-15-9-12-16-17-18-20(12)13/h9-11,14H,2-8H2,1H3. The molecule has 1 aliphatic rings. The summed E-state index contributed by atoms with van der Waals surface area (Å²) in [5.74, 6) is 1.70. The van der Waals surface area contributed by atoms with Crippen LogP contribution in [0.2, 0.25) is 0 Å². The maximum absolute atomic E-state index is 5.04. The lowest BCUT2D eigenvalue weighted by Gasteiger charge is -2.33. The quantitative estimate of drug-likeness (QED) is 0.749. The second kappa shape index (κ2) is 6.77. The van der Waals surface area contributed by atoms with Crippen LogP contribution in [0.15, 0.2) is 12.4 Å². The Morgan fingerprint density at radius 3 is 3.00 bits per heavy atom. The lowest BCUT2D eigenvalue weighted by Crippen LogP contribution is -2.38. The first kappa shape index (κ1) is 14.2. The molecule has 1 saturated heterocycles. The van der Waals surface area contributed by atoms with Crippen LogP contribution in [-0.2, 0) is 4.74 Å². The van der Waals surface area contributed by atoms with Gasteiger partial charge in [-0.25, -0.2) is 0 Å². The van der Waals surface area contributed by atoms with Gasteiger partial charge in [0.15, 0.2) is 11.5 Å². The Morgan fingerprint density at radius 1 is 1.33 bits per heavy atom. The van der Waals surface area contributed by atoms with Gasteiger partial charge in [-0.05, 0) is 35.7 Å². The van der Waals surface area contributed by atoms with E-state index >= 15 is 0 Å². The zero-order valence-electron chi connectivity index (χ0n) is 12.3. The monoisotopic (exact) mass is 291 g/mol. The fourth-order valence-corrected chi connectivity index (χ4v) is 2.73. The predicted molar refractivity (Wildman–Crippen MR) is 78.3 cm³/mol. The van der Waals surface area contributed by atoms with Gasteiger partial charge in [0, 0.05) is 26.7 Å². The topological polar surface area (TPSA) is 80.5 Å². The van der Waals surface area contributed by atoms with Gasteiger partial charge in [-0.2, -0.15) is 4.52 Å². The fourth-order valence-electron chi connectivity index (χ4n) is 2.73. The summed E-state index contributed by atoms with van der Waals surface area (Å²) in [6, 6.07) is 0. The Balaban J connectivity index is 1.55. The minimum atomic E-state index is 0.691. The summed E-state index contributed by atoms with van der Waals surface area (Å²) >= 11 is 0. The summed E-state index contributed by atoms with van der Waals surface area (Å²) in [7, 11) is 1.73. The van der Waals surface area contributed by atoms with Gasteiger partial charge in [0.25, 0.3) is 0 Å². The summed E-state index contributed by atoms with van der Waals surface area (Å²) in [5, 5.41) is 15.1. The van der Waals surface area contributed by atoms with Crippen LogP contribution in [-0.4, -0.2) is 64.9 Å². The average Bonchev–Trinajstić information content (AvgIpc) is 3.01. The molecule has 2 aromatic heterocycles. The molecule has 8 heteroatoms. The number of nitrogens with zero attached hydrogens (tertiary/aromatic N) is 6. The number of fused-ring (bicyclic) bond motifs is 1. The smallest absolute Gasteiger partial charge is 0.199 e. The van der Waals surface area contributed by atoms with Crippen LogP contribution in [0, 0.1) is 5.92 Å². The summed E-state index contributed by atoms with van der Waals surface area (Å²) in [4.78, 5) is 6.53. The maximum atomic E-state index is 5.04. The van der Waals surface area contributed by atoms with Gasteiger partial charge in [-0.3, -0.25) is 4.98 Å². The highest BCUT2D eigenvalue weighted by atomic mass is 16.5. The molecule has 0 amide bonds. The molecule has 1 aliphatic heterocycles. The number of tetrazole rings is 1. The van der Waals surface area contributed by atoms with E-state index in [1.165, 1.54) is 12.8 Å². The number of ether oxygens (including phenoxy) is 1. The van der Waals surface area contributed by atoms with E-state index in [2.05, 4.69) is 30.7 Å². The van der Waals surface area contributed by atoms with Crippen LogP contribution in [0.5, 0.6) is 0 Å². The number of hydrogen-bond donors (Lipinski definition) is 1. The molecule has 114 valence electrons. The van der Waals surface area contributed by atoms with Crippen molar-refractivity contribution in [3.8, 4) is 0 Å². The highest BCUT2D eigenvalue weighted by molar-refractivity contribution is 5.46. The summed E-state index contributed by atoms with van der Waals surface area (Å²) < 4.78 is 6.79. The van der Waals surface area contributed by atoms with Crippen molar-refractivity contribution in [2.24, 2.45) is 5.92 Å². The van der Waals surface area contributed by atoms with Crippen molar-refractivity contribution < 1.29 is 4.74 Å². The van der Waals surface area contributed by atoms with E-state index in [0.29, 0.717) is 5.65 Å². The van der Waals surface area contributed by atoms with E-state index in [9.17, 15) is 0 Å². The number of anilines is 1. The minimum Gasteiger partial charge on any atom is -0.383 e. The van der Waals surface area contributed by atoms with E-state index in [4.69, 9.17) is 4.74 Å². The van der Waals surface area contributed by atoms with Gasteiger partial charge in [0.05, 0.1) is 19.0 Å². The largest absolute Gasteiger partial charge is 0.383 e. The van der Waals surface area contributed by atoms with Crippen molar-refractivity contribution in [1.29, 1.82) is 0 Å². The molecule has 21 heavy (non-hydrogen) atoms. The van der Waals surface area contributed by atoms with Crippen LogP contribution in [0.3, 0.4) is 0 Å². The Labute approximate surface area is 123 Å². The summed E-state index contributed by atoms with van der Waals surface area (Å²) in [5.41, 5.74) is 0.691. The van der Waals surface area contributed by atoms with Crippen molar-refractivity contribution in [1.82, 2.24) is 30.3 Å². The van der Waals surface area contributed by atoms with Gasteiger partial charge in [-0.15, -0.1) is 5.10 Å². The molecule has 2 aromatic rings. The Hall–Kier alpha value is -1.80. The molecule has 1 N–H and O–H groups in total. The first-order valence-electron chi connectivity index (χ1n) is 7.35. The van der Waals surface area contributed by atoms with E-state index in [0.717, 1.165) is 44.5 Å². The van der Waals surface area contributed by atoms with Crippen LogP contribution in [0.1, 0.15) is 12.8 Å².